The number of aromatic nitrogens is 2. The van der Waals surface area contributed by atoms with Crippen LogP contribution in [-0.4, -0.2) is 15.8 Å². The van der Waals surface area contributed by atoms with Crippen LogP contribution in [0.15, 0.2) is 24.4 Å². The highest BCUT2D eigenvalue weighted by atomic mass is 16.1. The Morgan fingerprint density at radius 1 is 1.11 bits per heavy atom. The van der Waals surface area contributed by atoms with E-state index in [9.17, 15) is 4.79 Å². The Morgan fingerprint density at radius 2 is 1.95 bits per heavy atom. The quantitative estimate of drug-likeness (QED) is 0.782. The number of carbonyl (C=O) groups is 1. The first-order valence-corrected chi connectivity index (χ1v) is 6.62. The van der Waals surface area contributed by atoms with Crippen molar-refractivity contribution in [1.82, 2.24) is 9.97 Å². The highest BCUT2D eigenvalue weighted by Gasteiger charge is 2.20. The first-order valence-electron chi connectivity index (χ1n) is 6.62. The van der Waals surface area contributed by atoms with E-state index < -0.39 is 0 Å². The molecule has 0 saturated carbocycles. The second-order valence-electron chi connectivity index (χ2n) is 5.08. The first-order chi connectivity index (χ1) is 9.16. The molecule has 0 fully saturated rings. The van der Waals surface area contributed by atoms with Gasteiger partial charge in [-0.1, -0.05) is 18.2 Å². The molecule has 3 heteroatoms. The molecule has 0 N–H and O–H groups in total. The van der Waals surface area contributed by atoms with Crippen molar-refractivity contribution >= 4 is 5.78 Å². The molecule has 96 valence electrons. The molecule has 1 heterocycles. The van der Waals surface area contributed by atoms with Crippen LogP contribution in [0.5, 0.6) is 0 Å². The van der Waals surface area contributed by atoms with Crippen LogP contribution in [0.2, 0.25) is 0 Å². The largest absolute Gasteiger partial charge is 0.294 e. The summed E-state index contributed by atoms with van der Waals surface area (Å²) in [6, 6.07) is 6.14. The number of hydrogen-bond acceptors (Lipinski definition) is 3. The molecule has 19 heavy (non-hydrogen) atoms. The number of Topliss-reactive ketones (excluding diaryl/α,β-unsaturated/α-hetero) is 1. The number of nitrogens with zero attached hydrogens (tertiary/aromatic N) is 2. The molecule has 1 aliphatic rings. The Morgan fingerprint density at radius 3 is 2.79 bits per heavy atom. The summed E-state index contributed by atoms with van der Waals surface area (Å²) in [7, 11) is 0. The number of benzene rings is 1. The predicted molar refractivity (Wildman–Crippen MR) is 74.2 cm³/mol. The zero-order chi connectivity index (χ0) is 13.4. The second kappa shape index (κ2) is 4.57. The Kier molecular flexibility index (Phi) is 2.90. The van der Waals surface area contributed by atoms with E-state index in [1.807, 2.05) is 12.1 Å². The van der Waals surface area contributed by atoms with Crippen molar-refractivity contribution in [2.75, 3.05) is 0 Å². The van der Waals surface area contributed by atoms with Gasteiger partial charge in [-0.15, -0.1) is 0 Å². The van der Waals surface area contributed by atoms with Gasteiger partial charge in [-0.3, -0.25) is 4.79 Å². The average Bonchev–Trinajstić information content (AvgIpc) is 2.42. The maximum atomic E-state index is 11.8. The van der Waals surface area contributed by atoms with Crippen molar-refractivity contribution in [3.63, 3.8) is 0 Å². The topological polar surface area (TPSA) is 42.9 Å². The minimum absolute atomic E-state index is 0.175. The maximum absolute atomic E-state index is 11.8. The van der Waals surface area contributed by atoms with Crippen LogP contribution in [0.3, 0.4) is 0 Å². The highest BCUT2D eigenvalue weighted by Crippen LogP contribution is 2.25. The average molecular weight is 252 g/mol. The standard InChI is InChI=1S/C16H16N2O/c1-10-5-3-6-12(11(10)2)16-17-9-13-14(18-16)7-4-8-15(13)19/h3,5-6,9H,4,7-8H2,1-2H3. The van der Waals surface area contributed by atoms with Crippen LogP contribution in [0.4, 0.5) is 0 Å². The van der Waals surface area contributed by atoms with Gasteiger partial charge in [0.15, 0.2) is 11.6 Å². The molecule has 2 aromatic rings. The Hall–Kier alpha value is -2.03. The zero-order valence-electron chi connectivity index (χ0n) is 11.2. The highest BCUT2D eigenvalue weighted by molar-refractivity contribution is 5.97. The monoisotopic (exact) mass is 252 g/mol. The predicted octanol–water partition coefficient (Wildman–Crippen LogP) is 3.28. The van der Waals surface area contributed by atoms with Crippen molar-refractivity contribution in [2.45, 2.75) is 33.1 Å². The van der Waals surface area contributed by atoms with E-state index in [4.69, 9.17) is 0 Å². The first kappa shape index (κ1) is 12.0. The van der Waals surface area contributed by atoms with Gasteiger partial charge in [0.1, 0.15) is 0 Å². The third-order valence-electron chi connectivity index (χ3n) is 3.83. The number of carbonyl (C=O) groups excluding carboxylic acids is 1. The molecule has 0 spiro atoms. The lowest BCUT2D eigenvalue weighted by atomic mass is 9.95. The lowest BCUT2D eigenvalue weighted by molar-refractivity contribution is 0.0971. The summed E-state index contributed by atoms with van der Waals surface area (Å²) in [5, 5.41) is 0. The van der Waals surface area contributed by atoms with Crippen LogP contribution in [0.1, 0.15) is 40.0 Å². The van der Waals surface area contributed by atoms with Crippen LogP contribution in [-0.2, 0) is 6.42 Å². The van der Waals surface area contributed by atoms with Gasteiger partial charge in [-0.05, 0) is 37.8 Å². The van der Waals surface area contributed by atoms with Crippen molar-refractivity contribution in [3.8, 4) is 11.4 Å². The molecule has 3 rings (SSSR count). The number of aryl methyl sites for hydroxylation is 2. The van der Waals surface area contributed by atoms with E-state index in [-0.39, 0.29) is 5.78 Å². The van der Waals surface area contributed by atoms with Gasteiger partial charge >= 0.3 is 0 Å². The summed E-state index contributed by atoms with van der Waals surface area (Å²) in [5.74, 6) is 0.906. The molecule has 1 aromatic heterocycles. The van der Waals surface area contributed by atoms with Crippen molar-refractivity contribution in [2.24, 2.45) is 0 Å². The summed E-state index contributed by atoms with van der Waals surface area (Å²) in [4.78, 5) is 20.8. The Labute approximate surface area is 112 Å². The molecule has 1 aliphatic carbocycles. The van der Waals surface area contributed by atoms with Gasteiger partial charge in [0, 0.05) is 18.2 Å². The molecule has 0 radical (unpaired) electrons. The van der Waals surface area contributed by atoms with Gasteiger partial charge in [0.25, 0.3) is 0 Å². The minimum atomic E-state index is 0.175. The van der Waals surface area contributed by atoms with Crippen molar-refractivity contribution in [1.29, 1.82) is 0 Å². The van der Waals surface area contributed by atoms with E-state index in [1.54, 1.807) is 6.20 Å². The molecular formula is C16H16N2O. The van der Waals surface area contributed by atoms with Gasteiger partial charge < -0.3 is 0 Å². The van der Waals surface area contributed by atoms with Gasteiger partial charge in [0.05, 0.1) is 11.3 Å². The summed E-state index contributed by atoms with van der Waals surface area (Å²) in [5.41, 5.74) is 5.10. The molecule has 0 bridgehead atoms. The van der Waals surface area contributed by atoms with E-state index >= 15 is 0 Å². The third-order valence-corrected chi connectivity index (χ3v) is 3.83. The number of fused-ring (bicyclic) bond motifs is 1. The van der Waals surface area contributed by atoms with Crippen LogP contribution < -0.4 is 0 Å². The fraction of sp³-hybridized carbons (Fsp3) is 0.312. The molecule has 0 atom stereocenters. The van der Waals surface area contributed by atoms with Crippen LogP contribution >= 0.6 is 0 Å². The SMILES string of the molecule is Cc1cccc(-c2ncc3c(n2)CCCC3=O)c1C. The maximum Gasteiger partial charge on any atom is 0.166 e. The lowest BCUT2D eigenvalue weighted by Crippen LogP contribution is -2.14. The molecule has 0 amide bonds. The van der Waals surface area contributed by atoms with Crippen LogP contribution in [0.25, 0.3) is 11.4 Å². The van der Waals surface area contributed by atoms with Crippen molar-refractivity contribution in [3.05, 3.63) is 46.8 Å². The Balaban J connectivity index is 2.12. The van der Waals surface area contributed by atoms with E-state index in [0.717, 1.165) is 29.9 Å². The van der Waals surface area contributed by atoms with E-state index in [2.05, 4.69) is 29.9 Å². The summed E-state index contributed by atoms with van der Waals surface area (Å²) < 4.78 is 0. The van der Waals surface area contributed by atoms with Gasteiger partial charge in [-0.2, -0.15) is 0 Å². The summed E-state index contributed by atoms with van der Waals surface area (Å²) in [6.45, 7) is 4.17. The normalized spacial score (nSPS) is 14.3. The fourth-order valence-corrected chi connectivity index (χ4v) is 2.51. The van der Waals surface area contributed by atoms with Crippen LogP contribution in [0, 0.1) is 13.8 Å². The number of rotatable bonds is 1. The van der Waals surface area contributed by atoms with Gasteiger partial charge in [0.2, 0.25) is 0 Å². The molecule has 0 aliphatic heterocycles. The molecule has 3 nitrogen and oxygen atoms in total. The zero-order valence-corrected chi connectivity index (χ0v) is 11.2. The summed E-state index contributed by atoms with van der Waals surface area (Å²) >= 11 is 0. The summed E-state index contributed by atoms with van der Waals surface area (Å²) in [6.07, 6.45) is 4.09. The van der Waals surface area contributed by atoms with E-state index in [1.165, 1.54) is 11.1 Å². The van der Waals surface area contributed by atoms with Crippen molar-refractivity contribution < 1.29 is 4.79 Å². The molecular weight excluding hydrogens is 236 g/mol. The number of hydrogen-bond donors (Lipinski definition) is 0. The molecule has 0 saturated heterocycles. The molecule has 1 aromatic carbocycles. The third kappa shape index (κ3) is 2.05. The lowest BCUT2D eigenvalue weighted by Gasteiger charge is -2.15. The number of ketones is 1. The minimum Gasteiger partial charge on any atom is -0.294 e. The smallest absolute Gasteiger partial charge is 0.166 e. The Bertz CT molecular complexity index is 662. The fourth-order valence-electron chi connectivity index (χ4n) is 2.51. The van der Waals surface area contributed by atoms with Gasteiger partial charge in [-0.25, -0.2) is 9.97 Å². The van der Waals surface area contributed by atoms with E-state index in [0.29, 0.717) is 12.0 Å². The molecule has 0 unspecified atom stereocenters. The second-order valence-corrected chi connectivity index (χ2v) is 5.08.